The average molecular weight is 209 g/mol. The van der Waals surface area contributed by atoms with Crippen LogP contribution in [0.1, 0.15) is 0 Å². The minimum Gasteiger partial charge on any atom is -0.493 e. The standard InChI is InChI=1S/C12H19NO2/c1-9-6-11(14-4)12(15-5)7-10(9)8-13(2)3/h6-7,10H,1,8H2,2-5H3. The van der Waals surface area contributed by atoms with E-state index >= 15 is 0 Å². The fraction of sp³-hybridized carbons (Fsp3) is 0.500. The van der Waals surface area contributed by atoms with E-state index in [-0.39, 0.29) is 0 Å². The quantitative estimate of drug-likeness (QED) is 0.704. The van der Waals surface area contributed by atoms with Gasteiger partial charge in [0.15, 0.2) is 11.5 Å². The van der Waals surface area contributed by atoms with Crippen LogP contribution >= 0.6 is 0 Å². The molecule has 1 aliphatic carbocycles. The molecule has 0 saturated heterocycles. The SMILES string of the molecule is C=C1C=C(OC)C(OC)=CC1CN(C)C. The summed E-state index contributed by atoms with van der Waals surface area (Å²) < 4.78 is 10.5. The first kappa shape index (κ1) is 11.9. The maximum absolute atomic E-state index is 5.26. The summed E-state index contributed by atoms with van der Waals surface area (Å²) in [6.45, 7) is 4.96. The third-order valence-corrected chi connectivity index (χ3v) is 2.39. The van der Waals surface area contributed by atoms with Crippen LogP contribution in [-0.2, 0) is 9.47 Å². The molecule has 0 N–H and O–H groups in total. The van der Waals surface area contributed by atoms with E-state index < -0.39 is 0 Å². The normalized spacial score (nSPS) is 21.1. The first-order chi connectivity index (χ1) is 7.08. The van der Waals surface area contributed by atoms with E-state index in [1.54, 1.807) is 14.2 Å². The fourth-order valence-corrected chi connectivity index (χ4v) is 1.61. The van der Waals surface area contributed by atoms with Gasteiger partial charge in [0.2, 0.25) is 0 Å². The molecule has 3 nitrogen and oxygen atoms in total. The summed E-state index contributed by atoms with van der Waals surface area (Å²) in [5, 5.41) is 0. The van der Waals surface area contributed by atoms with Gasteiger partial charge in [-0.05, 0) is 31.8 Å². The van der Waals surface area contributed by atoms with Crippen molar-refractivity contribution >= 4 is 0 Å². The van der Waals surface area contributed by atoms with Gasteiger partial charge in [-0.3, -0.25) is 0 Å². The Kier molecular flexibility index (Phi) is 3.97. The second-order valence-electron chi connectivity index (χ2n) is 3.89. The molecule has 3 heteroatoms. The summed E-state index contributed by atoms with van der Waals surface area (Å²) in [5.41, 5.74) is 1.06. The van der Waals surface area contributed by atoms with Crippen LogP contribution in [0.2, 0.25) is 0 Å². The second kappa shape index (κ2) is 5.03. The molecule has 0 spiro atoms. The minimum atomic E-state index is 0.300. The van der Waals surface area contributed by atoms with E-state index in [1.165, 1.54) is 0 Å². The van der Waals surface area contributed by atoms with E-state index in [0.29, 0.717) is 5.92 Å². The summed E-state index contributed by atoms with van der Waals surface area (Å²) in [6.07, 6.45) is 3.99. The topological polar surface area (TPSA) is 21.7 Å². The van der Waals surface area contributed by atoms with Crippen molar-refractivity contribution in [2.45, 2.75) is 0 Å². The van der Waals surface area contributed by atoms with Gasteiger partial charge in [-0.2, -0.15) is 0 Å². The molecule has 0 aromatic heterocycles. The van der Waals surface area contributed by atoms with Crippen molar-refractivity contribution in [3.63, 3.8) is 0 Å². The van der Waals surface area contributed by atoms with Gasteiger partial charge in [-0.25, -0.2) is 0 Å². The maximum Gasteiger partial charge on any atom is 0.160 e. The van der Waals surface area contributed by atoms with Crippen molar-refractivity contribution in [3.8, 4) is 0 Å². The molecular formula is C12H19NO2. The lowest BCUT2D eigenvalue weighted by Gasteiger charge is -2.24. The maximum atomic E-state index is 5.26. The Bertz CT molecular complexity index is 303. The average Bonchev–Trinajstić information content (AvgIpc) is 2.19. The van der Waals surface area contributed by atoms with Crippen molar-refractivity contribution in [1.29, 1.82) is 0 Å². The number of hydrogen-bond donors (Lipinski definition) is 0. The molecule has 15 heavy (non-hydrogen) atoms. The van der Waals surface area contributed by atoms with Crippen molar-refractivity contribution in [2.24, 2.45) is 5.92 Å². The number of nitrogens with zero attached hydrogens (tertiary/aromatic N) is 1. The number of methoxy groups -OCH3 is 2. The molecule has 0 saturated carbocycles. The monoisotopic (exact) mass is 209 g/mol. The molecule has 0 aliphatic heterocycles. The second-order valence-corrected chi connectivity index (χ2v) is 3.89. The Morgan fingerprint density at radius 3 is 2.33 bits per heavy atom. The van der Waals surface area contributed by atoms with Crippen LogP contribution in [0, 0.1) is 5.92 Å². The van der Waals surface area contributed by atoms with Gasteiger partial charge in [-0.15, -0.1) is 0 Å². The Morgan fingerprint density at radius 2 is 1.87 bits per heavy atom. The van der Waals surface area contributed by atoms with Crippen LogP contribution in [0.4, 0.5) is 0 Å². The molecule has 0 bridgehead atoms. The van der Waals surface area contributed by atoms with Crippen molar-refractivity contribution in [1.82, 2.24) is 4.90 Å². The first-order valence-corrected chi connectivity index (χ1v) is 4.94. The lowest BCUT2D eigenvalue weighted by Crippen LogP contribution is -2.23. The highest BCUT2D eigenvalue weighted by Crippen LogP contribution is 2.27. The molecule has 0 amide bonds. The molecule has 0 heterocycles. The van der Waals surface area contributed by atoms with Crippen molar-refractivity contribution in [2.75, 3.05) is 34.9 Å². The molecular weight excluding hydrogens is 190 g/mol. The largest absolute Gasteiger partial charge is 0.493 e. The van der Waals surface area contributed by atoms with Gasteiger partial charge < -0.3 is 14.4 Å². The molecule has 0 fully saturated rings. The summed E-state index contributed by atoms with van der Waals surface area (Å²) >= 11 is 0. The zero-order valence-corrected chi connectivity index (χ0v) is 9.91. The van der Waals surface area contributed by atoms with Gasteiger partial charge in [0.1, 0.15) is 0 Å². The molecule has 0 aromatic carbocycles. The molecule has 84 valence electrons. The number of allylic oxidation sites excluding steroid dienone is 1. The Balaban J connectivity index is 2.84. The smallest absolute Gasteiger partial charge is 0.160 e. The van der Waals surface area contributed by atoms with Gasteiger partial charge in [-0.1, -0.05) is 6.58 Å². The lowest BCUT2D eigenvalue weighted by atomic mass is 9.94. The molecule has 1 unspecified atom stereocenters. The zero-order valence-electron chi connectivity index (χ0n) is 9.91. The number of hydrogen-bond acceptors (Lipinski definition) is 3. The van der Waals surface area contributed by atoms with Crippen LogP contribution in [0.5, 0.6) is 0 Å². The lowest BCUT2D eigenvalue weighted by molar-refractivity contribution is 0.213. The predicted octanol–water partition coefficient (Wildman–Crippen LogP) is 1.79. The number of rotatable bonds is 4. The molecule has 0 aromatic rings. The van der Waals surface area contributed by atoms with Gasteiger partial charge in [0.25, 0.3) is 0 Å². The van der Waals surface area contributed by atoms with E-state index in [1.807, 2.05) is 20.2 Å². The van der Waals surface area contributed by atoms with E-state index in [9.17, 15) is 0 Å². The van der Waals surface area contributed by atoms with Crippen LogP contribution in [-0.4, -0.2) is 39.8 Å². The summed E-state index contributed by atoms with van der Waals surface area (Å²) in [7, 11) is 7.38. The third-order valence-electron chi connectivity index (χ3n) is 2.39. The first-order valence-electron chi connectivity index (χ1n) is 4.94. The van der Waals surface area contributed by atoms with E-state index in [0.717, 1.165) is 23.6 Å². The molecule has 1 aliphatic rings. The van der Waals surface area contributed by atoms with Crippen LogP contribution in [0.3, 0.4) is 0 Å². The zero-order chi connectivity index (χ0) is 11.4. The van der Waals surface area contributed by atoms with Crippen LogP contribution in [0.25, 0.3) is 0 Å². The molecule has 0 radical (unpaired) electrons. The van der Waals surface area contributed by atoms with Crippen molar-refractivity contribution in [3.05, 3.63) is 35.8 Å². The molecule has 1 atom stereocenters. The highest BCUT2D eigenvalue weighted by atomic mass is 16.5. The van der Waals surface area contributed by atoms with Gasteiger partial charge in [0, 0.05) is 12.5 Å². The fourth-order valence-electron chi connectivity index (χ4n) is 1.61. The number of ether oxygens (including phenoxy) is 2. The van der Waals surface area contributed by atoms with E-state index in [4.69, 9.17) is 9.47 Å². The Labute approximate surface area is 91.7 Å². The van der Waals surface area contributed by atoms with Gasteiger partial charge >= 0.3 is 0 Å². The van der Waals surface area contributed by atoms with Crippen LogP contribution < -0.4 is 0 Å². The van der Waals surface area contributed by atoms with Crippen LogP contribution in [0.15, 0.2) is 35.8 Å². The van der Waals surface area contributed by atoms with E-state index in [2.05, 4.69) is 17.6 Å². The minimum absolute atomic E-state index is 0.300. The predicted molar refractivity (Wildman–Crippen MR) is 61.4 cm³/mol. The Morgan fingerprint density at radius 1 is 1.27 bits per heavy atom. The Hall–Kier alpha value is -1.22. The molecule has 1 rings (SSSR count). The summed E-state index contributed by atoms with van der Waals surface area (Å²) in [5.74, 6) is 1.84. The highest BCUT2D eigenvalue weighted by Gasteiger charge is 2.20. The highest BCUT2D eigenvalue weighted by molar-refractivity contribution is 5.38. The summed E-state index contributed by atoms with van der Waals surface area (Å²) in [4.78, 5) is 2.13. The summed E-state index contributed by atoms with van der Waals surface area (Å²) in [6, 6.07) is 0. The van der Waals surface area contributed by atoms with Gasteiger partial charge in [0.05, 0.1) is 14.2 Å². The third kappa shape index (κ3) is 2.86. The van der Waals surface area contributed by atoms with Crippen molar-refractivity contribution < 1.29 is 9.47 Å².